The molecule has 4 nitrogen and oxygen atoms in total. The van der Waals surface area contributed by atoms with Crippen molar-refractivity contribution in [1.29, 1.82) is 0 Å². The molecule has 0 saturated carbocycles. The molecule has 1 N–H and O–H groups in total. The molecule has 1 aromatic rings. The lowest BCUT2D eigenvalue weighted by Gasteiger charge is -2.21. The molecule has 1 atom stereocenters. The number of carbonyl (C=O) groups is 2. The van der Waals surface area contributed by atoms with Crippen molar-refractivity contribution in [1.82, 2.24) is 5.32 Å². The molecular weight excluding hydrogens is 266 g/mol. The Morgan fingerprint density at radius 1 is 1.10 bits per heavy atom. The van der Waals surface area contributed by atoms with E-state index in [1.165, 1.54) is 7.11 Å². The zero-order valence-electron chi connectivity index (χ0n) is 13.7. The number of ether oxygens (including phenoxy) is 1. The molecule has 116 valence electrons. The summed E-state index contributed by atoms with van der Waals surface area (Å²) in [6.07, 6.45) is 0. The number of amides is 1. The predicted molar refractivity (Wildman–Crippen MR) is 83.3 cm³/mol. The number of rotatable bonds is 4. The molecule has 1 amide bonds. The second-order valence-electron chi connectivity index (χ2n) is 6.55. The van der Waals surface area contributed by atoms with Gasteiger partial charge in [-0.2, -0.15) is 0 Å². The molecule has 0 unspecified atom stereocenters. The van der Waals surface area contributed by atoms with Crippen LogP contribution in [0.4, 0.5) is 0 Å². The van der Waals surface area contributed by atoms with E-state index in [0.29, 0.717) is 5.56 Å². The van der Waals surface area contributed by atoms with Gasteiger partial charge in [0.15, 0.2) is 0 Å². The van der Waals surface area contributed by atoms with Crippen LogP contribution in [0.2, 0.25) is 0 Å². The molecule has 0 fully saturated rings. The maximum absolute atomic E-state index is 12.2. The van der Waals surface area contributed by atoms with E-state index in [1.54, 1.807) is 12.1 Å². The molecule has 0 saturated heterocycles. The fourth-order valence-electron chi connectivity index (χ4n) is 1.97. The van der Waals surface area contributed by atoms with Crippen LogP contribution in [0.25, 0.3) is 0 Å². The van der Waals surface area contributed by atoms with Crippen molar-refractivity contribution in [3.63, 3.8) is 0 Å². The molecule has 0 aliphatic rings. The van der Waals surface area contributed by atoms with Crippen LogP contribution in [0.15, 0.2) is 24.3 Å². The Kier molecular flexibility index (Phi) is 5.53. The van der Waals surface area contributed by atoms with Crippen molar-refractivity contribution in [2.45, 2.75) is 46.1 Å². The van der Waals surface area contributed by atoms with Crippen LogP contribution in [-0.2, 0) is 14.9 Å². The average molecular weight is 291 g/mol. The van der Waals surface area contributed by atoms with E-state index in [1.807, 2.05) is 26.0 Å². The van der Waals surface area contributed by atoms with Crippen LogP contribution >= 0.6 is 0 Å². The third-order valence-corrected chi connectivity index (χ3v) is 3.42. The summed E-state index contributed by atoms with van der Waals surface area (Å²) < 4.78 is 4.72. The van der Waals surface area contributed by atoms with E-state index >= 15 is 0 Å². The van der Waals surface area contributed by atoms with Crippen molar-refractivity contribution in [3.05, 3.63) is 35.4 Å². The average Bonchev–Trinajstić information content (AvgIpc) is 2.42. The summed E-state index contributed by atoms with van der Waals surface area (Å²) >= 11 is 0. The summed E-state index contributed by atoms with van der Waals surface area (Å²) in [6.45, 7) is 10.1. The van der Waals surface area contributed by atoms with Crippen LogP contribution in [-0.4, -0.2) is 25.0 Å². The van der Waals surface area contributed by atoms with Crippen LogP contribution < -0.4 is 5.32 Å². The minimum Gasteiger partial charge on any atom is -0.467 e. The summed E-state index contributed by atoms with van der Waals surface area (Å²) in [4.78, 5) is 23.9. The highest BCUT2D eigenvalue weighted by Crippen LogP contribution is 2.22. The molecule has 21 heavy (non-hydrogen) atoms. The summed E-state index contributed by atoms with van der Waals surface area (Å²) in [5, 5.41) is 2.73. The maximum Gasteiger partial charge on any atom is 0.328 e. The first-order chi connectivity index (χ1) is 9.66. The highest BCUT2D eigenvalue weighted by Gasteiger charge is 2.25. The first-order valence-electron chi connectivity index (χ1n) is 7.16. The quantitative estimate of drug-likeness (QED) is 0.868. The van der Waals surface area contributed by atoms with Gasteiger partial charge in [-0.1, -0.05) is 46.8 Å². The van der Waals surface area contributed by atoms with E-state index in [-0.39, 0.29) is 17.2 Å². The standard InChI is InChI=1S/C17H25NO3/c1-11(2)14(16(20)21-6)18-15(19)12-7-9-13(10-8-12)17(3,4)5/h7-11,14H,1-6H3,(H,18,19)/t14-/m0/s1. The molecule has 0 aliphatic carbocycles. The molecule has 0 spiro atoms. The third kappa shape index (κ3) is 4.59. The lowest BCUT2D eigenvalue weighted by atomic mass is 9.86. The van der Waals surface area contributed by atoms with Gasteiger partial charge in [-0.3, -0.25) is 4.79 Å². The lowest BCUT2D eigenvalue weighted by Crippen LogP contribution is -2.45. The van der Waals surface area contributed by atoms with E-state index in [9.17, 15) is 9.59 Å². The lowest BCUT2D eigenvalue weighted by molar-refractivity contribution is -0.144. The monoisotopic (exact) mass is 291 g/mol. The molecule has 4 heteroatoms. The van der Waals surface area contributed by atoms with Crippen LogP contribution in [0, 0.1) is 5.92 Å². The number of methoxy groups -OCH3 is 1. The third-order valence-electron chi connectivity index (χ3n) is 3.42. The molecule has 0 bridgehead atoms. The van der Waals surface area contributed by atoms with Crippen LogP contribution in [0.1, 0.15) is 50.5 Å². The van der Waals surface area contributed by atoms with Gasteiger partial charge in [0.2, 0.25) is 0 Å². The minimum atomic E-state index is -0.634. The Hall–Kier alpha value is -1.84. The Bertz CT molecular complexity index is 498. The maximum atomic E-state index is 12.2. The van der Waals surface area contributed by atoms with Crippen molar-refractivity contribution >= 4 is 11.9 Å². The van der Waals surface area contributed by atoms with Gasteiger partial charge in [0.1, 0.15) is 6.04 Å². The van der Waals surface area contributed by atoms with Gasteiger partial charge in [0.25, 0.3) is 5.91 Å². The van der Waals surface area contributed by atoms with Gasteiger partial charge < -0.3 is 10.1 Å². The summed E-state index contributed by atoms with van der Waals surface area (Å²) in [5.41, 5.74) is 1.74. The molecule has 0 radical (unpaired) electrons. The zero-order valence-corrected chi connectivity index (χ0v) is 13.7. The number of esters is 1. The van der Waals surface area contributed by atoms with Crippen LogP contribution in [0.5, 0.6) is 0 Å². The van der Waals surface area contributed by atoms with Gasteiger partial charge in [-0.25, -0.2) is 4.79 Å². The highest BCUT2D eigenvalue weighted by atomic mass is 16.5. The molecule has 1 aromatic carbocycles. The van der Waals surface area contributed by atoms with Gasteiger partial charge in [-0.05, 0) is 29.0 Å². The largest absolute Gasteiger partial charge is 0.467 e. The van der Waals surface area contributed by atoms with Gasteiger partial charge >= 0.3 is 5.97 Å². The normalized spacial score (nSPS) is 12.9. The molecule has 1 rings (SSSR count). The van der Waals surface area contributed by atoms with Gasteiger partial charge in [-0.15, -0.1) is 0 Å². The molecule has 0 heterocycles. The van der Waals surface area contributed by atoms with Gasteiger partial charge in [0.05, 0.1) is 7.11 Å². The van der Waals surface area contributed by atoms with E-state index in [4.69, 9.17) is 4.74 Å². The Morgan fingerprint density at radius 2 is 1.62 bits per heavy atom. The Balaban J connectivity index is 2.86. The van der Waals surface area contributed by atoms with Crippen molar-refractivity contribution < 1.29 is 14.3 Å². The van der Waals surface area contributed by atoms with Crippen molar-refractivity contribution in [2.75, 3.05) is 7.11 Å². The zero-order chi connectivity index (χ0) is 16.2. The second-order valence-corrected chi connectivity index (χ2v) is 6.55. The highest BCUT2D eigenvalue weighted by molar-refractivity contribution is 5.96. The summed E-state index contributed by atoms with van der Waals surface area (Å²) in [5.74, 6) is -0.723. The van der Waals surface area contributed by atoms with E-state index in [2.05, 4.69) is 26.1 Å². The second kappa shape index (κ2) is 6.74. The van der Waals surface area contributed by atoms with Gasteiger partial charge in [0, 0.05) is 5.56 Å². The van der Waals surface area contributed by atoms with E-state index < -0.39 is 12.0 Å². The molecule has 0 aromatic heterocycles. The smallest absolute Gasteiger partial charge is 0.328 e. The molecular formula is C17H25NO3. The fourth-order valence-corrected chi connectivity index (χ4v) is 1.97. The van der Waals surface area contributed by atoms with Crippen LogP contribution in [0.3, 0.4) is 0 Å². The number of hydrogen-bond acceptors (Lipinski definition) is 3. The first-order valence-corrected chi connectivity index (χ1v) is 7.16. The Morgan fingerprint density at radius 3 is 2.00 bits per heavy atom. The van der Waals surface area contributed by atoms with E-state index in [0.717, 1.165) is 5.56 Å². The van der Waals surface area contributed by atoms with Crippen molar-refractivity contribution in [2.24, 2.45) is 5.92 Å². The topological polar surface area (TPSA) is 55.4 Å². The van der Waals surface area contributed by atoms with Crippen molar-refractivity contribution in [3.8, 4) is 0 Å². The predicted octanol–water partition coefficient (Wildman–Crippen LogP) is 2.91. The minimum absolute atomic E-state index is 0.0322. The fraction of sp³-hybridized carbons (Fsp3) is 0.529. The molecule has 0 aliphatic heterocycles. The number of hydrogen-bond donors (Lipinski definition) is 1. The summed E-state index contributed by atoms with van der Waals surface area (Å²) in [6, 6.07) is 6.81. The summed E-state index contributed by atoms with van der Waals surface area (Å²) in [7, 11) is 1.32. The number of benzene rings is 1. The Labute approximate surface area is 126 Å². The first kappa shape index (κ1) is 17.2. The SMILES string of the molecule is COC(=O)[C@@H](NC(=O)c1ccc(C(C)(C)C)cc1)C(C)C. The number of carbonyl (C=O) groups excluding carboxylic acids is 2. The number of nitrogens with one attached hydrogen (secondary N) is 1.